The van der Waals surface area contributed by atoms with Gasteiger partial charge in [-0.3, -0.25) is 0 Å². The minimum atomic E-state index is -4.85. The predicted molar refractivity (Wildman–Crippen MR) is 29.6 cm³/mol. The molecule has 0 spiro atoms. The van der Waals surface area contributed by atoms with Crippen molar-refractivity contribution in [1.82, 2.24) is 0 Å². The van der Waals surface area contributed by atoms with Crippen molar-refractivity contribution in [2.24, 2.45) is 5.92 Å². The molecule has 0 aromatic heterocycles. The fourth-order valence-corrected chi connectivity index (χ4v) is 0.440. The van der Waals surface area contributed by atoms with Crippen molar-refractivity contribution in [2.45, 2.75) is 12.8 Å². The first-order valence-corrected chi connectivity index (χ1v) is 2.80. The van der Waals surface area contributed by atoms with Crippen LogP contribution in [0.25, 0.3) is 0 Å². The Labute approximate surface area is 51.5 Å². The van der Waals surface area contributed by atoms with E-state index in [1.54, 1.807) is 0 Å². The molecule has 0 aromatic rings. The lowest BCUT2D eigenvalue weighted by Gasteiger charge is -2.01. The van der Waals surface area contributed by atoms with Gasteiger partial charge in [0.25, 0.3) is 0 Å². The van der Waals surface area contributed by atoms with E-state index < -0.39 is 6.98 Å². The second-order valence-corrected chi connectivity index (χ2v) is 2.14. The Morgan fingerprint density at radius 3 is 2.11 bits per heavy atom. The van der Waals surface area contributed by atoms with Gasteiger partial charge < -0.3 is 12.9 Å². The third kappa shape index (κ3) is 3.07. The van der Waals surface area contributed by atoms with Crippen molar-refractivity contribution in [1.29, 1.82) is 0 Å². The smallest absolute Gasteiger partial charge is 0.438 e. The number of halogens is 3. The lowest BCUT2D eigenvalue weighted by Crippen LogP contribution is -2.10. The third-order valence-corrected chi connectivity index (χ3v) is 1.03. The van der Waals surface area contributed by atoms with Crippen molar-refractivity contribution >= 4 is 6.98 Å². The Balaban J connectivity index is 2.39. The highest BCUT2D eigenvalue weighted by Crippen LogP contribution is 2.27. The van der Waals surface area contributed by atoms with Crippen molar-refractivity contribution in [2.75, 3.05) is 0 Å². The van der Waals surface area contributed by atoms with Crippen LogP contribution in [0.4, 0.5) is 12.9 Å². The Kier molecular flexibility index (Phi) is 1.44. The predicted octanol–water partition coefficient (Wildman–Crippen LogP) is 1.79. The van der Waals surface area contributed by atoms with Gasteiger partial charge in [-0.15, -0.1) is 5.92 Å². The molecule has 0 aromatic carbocycles. The first-order chi connectivity index (χ1) is 4.08. The summed E-state index contributed by atoms with van der Waals surface area (Å²) in [6.07, 6.45) is 1.69. The van der Waals surface area contributed by atoms with Gasteiger partial charge >= 0.3 is 6.98 Å². The van der Waals surface area contributed by atoms with E-state index in [1.165, 1.54) is 5.82 Å². The van der Waals surface area contributed by atoms with Gasteiger partial charge in [-0.2, -0.15) is 0 Å². The monoisotopic (exact) mass is 133 g/mol. The second kappa shape index (κ2) is 1.98. The van der Waals surface area contributed by atoms with E-state index in [1.807, 2.05) is 0 Å². The Bertz CT molecular complexity index is 157. The highest BCUT2D eigenvalue weighted by Gasteiger charge is 2.22. The van der Waals surface area contributed by atoms with Crippen molar-refractivity contribution < 1.29 is 12.9 Å². The maximum atomic E-state index is 11.3. The van der Waals surface area contributed by atoms with E-state index >= 15 is 0 Å². The van der Waals surface area contributed by atoms with Crippen LogP contribution in [0.5, 0.6) is 0 Å². The van der Waals surface area contributed by atoms with Gasteiger partial charge in [-0.05, 0) is 12.8 Å². The van der Waals surface area contributed by atoms with E-state index in [2.05, 4.69) is 5.92 Å². The summed E-state index contributed by atoms with van der Waals surface area (Å²) >= 11 is 0. The first kappa shape index (κ1) is 6.53. The molecular formula is C5H5BF3-. The van der Waals surface area contributed by atoms with Crippen LogP contribution in [0, 0.1) is 17.7 Å². The normalized spacial score (nSPS) is 18.6. The number of rotatable bonds is 0. The van der Waals surface area contributed by atoms with E-state index in [0.717, 1.165) is 12.8 Å². The second-order valence-electron chi connectivity index (χ2n) is 2.14. The SMILES string of the molecule is F[B-](F)(F)C#CC1CC1. The summed E-state index contributed by atoms with van der Waals surface area (Å²) in [5.74, 6) is 3.50. The Morgan fingerprint density at radius 2 is 1.78 bits per heavy atom. The zero-order chi connectivity index (χ0) is 6.91. The molecule has 1 rings (SSSR count). The summed E-state index contributed by atoms with van der Waals surface area (Å²) in [5.41, 5.74) is 0. The van der Waals surface area contributed by atoms with Crippen LogP contribution in [-0.4, -0.2) is 6.98 Å². The Morgan fingerprint density at radius 1 is 1.22 bits per heavy atom. The largest absolute Gasteiger partial charge is 0.557 e. The highest BCUT2D eigenvalue weighted by atomic mass is 19.4. The minimum Gasteiger partial charge on any atom is -0.438 e. The average molecular weight is 133 g/mol. The molecule has 0 saturated heterocycles. The molecule has 1 aliphatic carbocycles. The number of hydrogen-bond acceptors (Lipinski definition) is 0. The number of hydrogen-bond donors (Lipinski definition) is 0. The molecule has 0 unspecified atom stereocenters. The van der Waals surface area contributed by atoms with Crippen molar-refractivity contribution in [3.63, 3.8) is 0 Å². The molecular weight excluding hydrogens is 128 g/mol. The van der Waals surface area contributed by atoms with Gasteiger partial charge in [0.1, 0.15) is 0 Å². The summed E-state index contributed by atoms with van der Waals surface area (Å²) in [7, 11) is 0. The molecule has 0 nitrogen and oxygen atoms in total. The lowest BCUT2D eigenvalue weighted by molar-refractivity contribution is 0.503. The molecule has 1 aliphatic rings. The maximum Gasteiger partial charge on any atom is 0.557 e. The Hall–Kier alpha value is -0.585. The van der Waals surface area contributed by atoms with Gasteiger partial charge in [0.2, 0.25) is 0 Å². The lowest BCUT2D eigenvalue weighted by atomic mass is 9.94. The van der Waals surface area contributed by atoms with Crippen LogP contribution in [0.2, 0.25) is 0 Å². The molecule has 4 heteroatoms. The van der Waals surface area contributed by atoms with E-state index in [9.17, 15) is 12.9 Å². The van der Waals surface area contributed by atoms with Crippen LogP contribution >= 0.6 is 0 Å². The van der Waals surface area contributed by atoms with Gasteiger partial charge in [0.05, 0.1) is 0 Å². The average Bonchev–Trinajstić information content (AvgIpc) is 2.38. The van der Waals surface area contributed by atoms with Crippen LogP contribution < -0.4 is 0 Å². The zero-order valence-electron chi connectivity index (χ0n) is 4.70. The first-order valence-electron chi connectivity index (χ1n) is 2.80. The van der Waals surface area contributed by atoms with E-state index in [0.29, 0.717) is 0 Å². The molecule has 9 heavy (non-hydrogen) atoms. The quantitative estimate of drug-likeness (QED) is 0.349. The molecule has 0 amide bonds. The van der Waals surface area contributed by atoms with Crippen LogP contribution in [0.3, 0.4) is 0 Å². The third-order valence-electron chi connectivity index (χ3n) is 1.03. The fourth-order valence-electron chi connectivity index (χ4n) is 0.440. The molecule has 1 fully saturated rings. The molecule has 0 aliphatic heterocycles. The molecule has 0 heterocycles. The highest BCUT2D eigenvalue weighted by molar-refractivity contribution is 6.67. The van der Waals surface area contributed by atoms with Crippen molar-refractivity contribution in [3.8, 4) is 11.7 Å². The molecule has 0 radical (unpaired) electrons. The molecule has 1 saturated carbocycles. The minimum absolute atomic E-state index is 0.0495. The van der Waals surface area contributed by atoms with Crippen molar-refractivity contribution in [3.05, 3.63) is 0 Å². The summed E-state index contributed by atoms with van der Waals surface area (Å²) in [4.78, 5) is 0. The summed E-state index contributed by atoms with van der Waals surface area (Å²) < 4.78 is 34.0. The molecule has 0 N–H and O–H groups in total. The molecule has 50 valence electrons. The molecule has 0 atom stereocenters. The van der Waals surface area contributed by atoms with Crippen LogP contribution in [0.15, 0.2) is 0 Å². The van der Waals surface area contributed by atoms with Crippen LogP contribution in [0.1, 0.15) is 12.8 Å². The van der Waals surface area contributed by atoms with Gasteiger partial charge in [0, 0.05) is 5.92 Å². The fraction of sp³-hybridized carbons (Fsp3) is 0.600. The summed E-state index contributed by atoms with van der Waals surface area (Å²) in [6, 6.07) is 0. The summed E-state index contributed by atoms with van der Waals surface area (Å²) in [6.45, 7) is -4.85. The van der Waals surface area contributed by atoms with E-state index in [4.69, 9.17) is 0 Å². The topological polar surface area (TPSA) is 0 Å². The standard InChI is InChI=1S/C5H5BF3/c7-6(8,9)4-3-5-1-2-5/h5H,1-2H2/q-1. The van der Waals surface area contributed by atoms with E-state index in [-0.39, 0.29) is 5.92 Å². The summed E-state index contributed by atoms with van der Waals surface area (Å²) in [5, 5.41) is 0. The molecule has 0 bridgehead atoms. The van der Waals surface area contributed by atoms with Crippen LogP contribution in [-0.2, 0) is 0 Å². The van der Waals surface area contributed by atoms with Gasteiger partial charge in [-0.25, -0.2) is 5.82 Å². The van der Waals surface area contributed by atoms with Gasteiger partial charge in [-0.1, -0.05) is 0 Å². The zero-order valence-corrected chi connectivity index (χ0v) is 4.70. The van der Waals surface area contributed by atoms with Gasteiger partial charge in [0.15, 0.2) is 0 Å². The maximum absolute atomic E-state index is 11.3.